The number of carboxylic acid groups (broad SMARTS) is 1. The van der Waals surface area contributed by atoms with Crippen LogP contribution in [0.2, 0.25) is 0 Å². The summed E-state index contributed by atoms with van der Waals surface area (Å²) in [4.78, 5) is 22.2. The van der Waals surface area contributed by atoms with Gasteiger partial charge < -0.3 is 14.3 Å². The minimum absolute atomic E-state index is 0.312. The van der Waals surface area contributed by atoms with Crippen LogP contribution in [0.3, 0.4) is 0 Å². The molecule has 0 amide bonds. The standard InChI is InChI=1S/C12H16O5S/c1-3-16-12(15)9-4-5-17-10(9)7-18-6-8(2)11(13)14/h4-5,8H,3,6-7H2,1-2H3,(H,13,14). The van der Waals surface area contributed by atoms with Gasteiger partial charge in [0.05, 0.1) is 24.5 Å². The highest BCUT2D eigenvalue weighted by Gasteiger charge is 2.17. The van der Waals surface area contributed by atoms with Crippen LogP contribution in [0.25, 0.3) is 0 Å². The van der Waals surface area contributed by atoms with E-state index in [1.165, 1.54) is 18.0 Å². The Morgan fingerprint density at radius 2 is 2.28 bits per heavy atom. The quantitative estimate of drug-likeness (QED) is 0.768. The molecule has 5 nitrogen and oxygen atoms in total. The molecule has 0 radical (unpaired) electrons. The fourth-order valence-corrected chi connectivity index (χ4v) is 2.27. The fourth-order valence-electron chi connectivity index (χ4n) is 1.24. The first kappa shape index (κ1) is 14.6. The number of carboxylic acids is 1. The van der Waals surface area contributed by atoms with E-state index >= 15 is 0 Å². The number of esters is 1. The van der Waals surface area contributed by atoms with E-state index in [4.69, 9.17) is 14.3 Å². The Kier molecular flexibility index (Phi) is 5.77. The van der Waals surface area contributed by atoms with Gasteiger partial charge in [-0.2, -0.15) is 11.8 Å². The van der Waals surface area contributed by atoms with Gasteiger partial charge in [-0.3, -0.25) is 4.79 Å². The van der Waals surface area contributed by atoms with Gasteiger partial charge >= 0.3 is 11.9 Å². The van der Waals surface area contributed by atoms with Gasteiger partial charge in [0.15, 0.2) is 0 Å². The lowest BCUT2D eigenvalue weighted by atomic mass is 10.2. The highest BCUT2D eigenvalue weighted by atomic mass is 32.2. The van der Waals surface area contributed by atoms with E-state index in [0.29, 0.717) is 29.4 Å². The maximum Gasteiger partial charge on any atom is 0.341 e. The molecule has 100 valence electrons. The van der Waals surface area contributed by atoms with Crippen LogP contribution in [-0.4, -0.2) is 29.4 Å². The summed E-state index contributed by atoms with van der Waals surface area (Å²) >= 11 is 1.41. The van der Waals surface area contributed by atoms with Crippen LogP contribution in [0.5, 0.6) is 0 Å². The number of thioether (sulfide) groups is 1. The van der Waals surface area contributed by atoms with Crippen molar-refractivity contribution >= 4 is 23.7 Å². The van der Waals surface area contributed by atoms with E-state index < -0.39 is 17.9 Å². The zero-order valence-corrected chi connectivity index (χ0v) is 11.2. The predicted molar refractivity (Wildman–Crippen MR) is 67.6 cm³/mol. The average molecular weight is 272 g/mol. The van der Waals surface area contributed by atoms with E-state index in [-0.39, 0.29) is 0 Å². The third-order valence-electron chi connectivity index (χ3n) is 2.26. The number of ether oxygens (including phenoxy) is 1. The molecule has 0 aliphatic heterocycles. The first-order valence-electron chi connectivity index (χ1n) is 5.60. The normalized spacial score (nSPS) is 12.1. The largest absolute Gasteiger partial charge is 0.481 e. The minimum atomic E-state index is -0.826. The van der Waals surface area contributed by atoms with Crippen molar-refractivity contribution in [1.82, 2.24) is 0 Å². The summed E-state index contributed by atoms with van der Waals surface area (Å²) in [5.41, 5.74) is 0.410. The lowest BCUT2D eigenvalue weighted by Gasteiger charge is -2.05. The van der Waals surface area contributed by atoms with Crippen molar-refractivity contribution in [2.45, 2.75) is 19.6 Å². The van der Waals surface area contributed by atoms with Gasteiger partial charge in [-0.25, -0.2) is 4.79 Å². The number of rotatable bonds is 7. The van der Waals surface area contributed by atoms with Gasteiger partial charge in [-0.1, -0.05) is 6.92 Å². The molecular formula is C12H16O5S. The number of carbonyl (C=O) groups excluding carboxylic acids is 1. The predicted octanol–water partition coefficient (Wildman–Crippen LogP) is 2.41. The zero-order chi connectivity index (χ0) is 13.5. The van der Waals surface area contributed by atoms with Crippen LogP contribution in [0.4, 0.5) is 0 Å². The Balaban J connectivity index is 2.50. The average Bonchev–Trinajstić information content (AvgIpc) is 2.77. The molecule has 0 fully saturated rings. The Morgan fingerprint density at radius 3 is 2.89 bits per heavy atom. The van der Waals surface area contributed by atoms with E-state index in [2.05, 4.69) is 0 Å². The maximum absolute atomic E-state index is 11.5. The molecule has 0 saturated heterocycles. The van der Waals surface area contributed by atoms with Gasteiger partial charge in [0.25, 0.3) is 0 Å². The molecule has 0 aromatic carbocycles. The van der Waals surface area contributed by atoms with E-state index in [9.17, 15) is 9.59 Å². The summed E-state index contributed by atoms with van der Waals surface area (Å²) in [6, 6.07) is 1.56. The molecule has 1 rings (SSSR count). The highest BCUT2D eigenvalue weighted by Crippen LogP contribution is 2.20. The summed E-state index contributed by atoms with van der Waals surface area (Å²) in [6.07, 6.45) is 1.43. The van der Waals surface area contributed by atoms with Crippen molar-refractivity contribution in [3.8, 4) is 0 Å². The van der Waals surface area contributed by atoms with Crippen molar-refractivity contribution in [2.24, 2.45) is 5.92 Å². The molecule has 18 heavy (non-hydrogen) atoms. The molecule has 0 spiro atoms. The number of hydrogen-bond donors (Lipinski definition) is 1. The summed E-state index contributed by atoms with van der Waals surface area (Å²) in [5.74, 6) is -0.204. The number of aliphatic carboxylic acids is 1. The first-order chi connectivity index (χ1) is 8.56. The fraction of sp³-hybridized carbons (Fsp3) is 0.500. The van der Waals surface area contributed by atoms with Crippen molar-refractivity contribution < 1.29 is 23.8 Å². The molecule has 1 N–H and O–H groups in total. The number of carbonyl (C=O) groups is 2. The summed E-state index contributed by atoms with van der Waals surface area (Å²) < 4.78 is 10.1. The SMILES string of the molecule is CCOC(=O)c1ccoc1CSCC(C)C(=O)O. The maximum atomic E-state index is 11.5. The first-order valence-corrected chi connectivity index (χ1v) is 6.75. The second-order valence-electron chi connectivity index (χ2n) is 3.73. The van der Waals surface area contributed by atoms with Crippen LogP contribution < -0.4 is 0 Å². The molecule has 0 aliphatic rings. The highest BCUT2D eigenvalue weighted by molar-refractivity contribution is 7.98. The summed E-state index contributed by atoms with van der Waals surface area (Å²) in [6.45, 7) is 3.69. The van der Waals surface area contributed by atoms with E-state index in [1.807, 2.05) is 0 Å². The zero-order valence-electron chi connectivity index (χ0n) is 10.3. The van der Waals surface area contributed by atoms with Crippen LogP contribution in [0.1, 0.15) is 30.0 Å². The Hall–Kier alpha value is -1.43. The summed E-state index contributed by atoms with van der Waals surface area (Å²) in [5, 5.41) is 8.74. The Labute approximate surface area is 109 Å². The van der Waals surface area contributed by atoms with E-state index in [0.717, 1.165) is 0 Å². The molecule has 1 heterocycles. The van der Waals surface area contributed by atoms with E-state index in [1.54, 1.807) is 19.9 Å². The van der Waals surface area contributed by atoms with Crippen molar-refractivity contribution in [3.63, 3.8) is 0 Å². The molecule has 1 unspecified atom stereocenters. The summed E-state index contributed by atoms with van der Waals surface area (Å²) in [7, 11) is 0. The van der Waals surface area contributed by atoms with Crippen LogP contribution in [0, 0.1) is 5.92 Å². The van der Waals surface area contributed by atoms with Gasteiger partial charge in [0.2, 0.25) is 0 Å². The number of furan rings is 1. The van der Waals surface area contributed by atoms with Gasteiger partial charge in [-0.05, 0) is 13.0 Å². The third-order valence-corrected chi connectivity index (χ3v) is 3.47. The topological polar surface area (TPSA) is 76.7 Å². The van der Waals surface area contributed by atoms with Crippen LogP contribution in [-0.2, 0) is 15.3 Å². The van der Waals surface area contributed by atoms with Crippen molar-refractivity contribution in [1.29, 1.82) is 0 Å². The molecule has 0 aliphatic carbocycles. The van der Waals surface area contributed by atoms with Gasteiger partial charge in [0.1, 0.15) is 11.3 Å². The third kappa shape index (κ3) is 4.10. The molecule has 1 aromatic rings. The molecule has 6 heteroatoms. The second-order valence-corrected chi connectivity index (χ2v) is 4.76. The van der Waals surface area contributed by atoms with Gasteiger partial charge in [0, 0.05) is 5.75 Å². The van der Waals surface area contributed by atoms with Gasteiger partial charge in [-0.15, -0.1) is 0 Å². The molecule has 0 bridgehead atoms. The lowest BCUT2D eigenvalue weighted by molar-refractivity contribution is -0.140. The Morgan fingerprint density at radius 1 is 1.56 bits per heavy atom. The smallest absolute Gasteiger partial charge is 0.341 e. The molecular weight excluding hydrogens is 256 g/mol. The van der Waals surface area contributed by atoms with Crippen molar-refractivity contribution in [3.05, 3.63) is 23.7 Å². The van der Waals surface area contributed by atoms with Crippen LogP contribution >= 0.6 is 11.8 Å². The Bertz CT molecular complexity index is 412. The van der Waals surface area contributed by atoms with Crippen LogP contribution in [0.15, 0.2) is 16.7 Å². The molecule has 1 aromatic heterocycles. The lowest BCUT2D eigenvalue weighted by Crippen LogP contribution is -2.12. The second kappa shape index (κ2) is 7.10. The van der Waals surface area contributed by atoms with Crippen molar-refractivity contribution in [2.75, 3.05) is 12.4 Å². The minimum Gasteiger partial charge on any atom is -0.481 e. The molecule has 1 atom stereocenters. The number of hydrogen-bond acceptors (Lipinski definition) is 5. The monoisotopic (exact) mass is 272 g/mol. The molecule has 0 saturated carbocycles.